The van der Waals surface area contributed by atoms with Gasteiger partial charge in [-0.05, 0) is 19.4 Å². The lowest BCUT2D eigenvalue weighted by Crippen LogP contribution is -2.29. The molecule has 6 heteroatoms. The number of aryl methyl sites for hydroxylation is 1. The van der Waals surface area contributed by atoms with Crippen molar-refractivity contribution in [1.29, 1.82) is 0 Å². The van der Waals surface area contributed by atoms with E-state index in [4.69, 9.17) is 0 Å². The largest absolute Gasteiger partial charge is 0.391 e. The molecule has 1 N–H and O–H groups in total. The third-order valence-corrected chi connectivity index (χ3v) is 2.60. The van der Waals surface area contributed by atoms with Gasteiger partial charge in [-0.1, -0.05) is 13.8 Å². The molecular weight excluding hydrogens is 243 g/mol. The Hall–Kier alpha value is -1.04. The van der Waals surface area contributed by atoms with E-state index in [2.05, 4.69) is 10.3 Å². The second-order valence-corrected chi connectivity index (χ2v) is 4.30. The predicted octanol–water partition coefficient (Wildman–Crippen LogP) is 3.29. The van der Waals surface area contributed by atoms with Crippen LogP contribution in [0.25, 0.3) is 0 Å². The van der Waals surface area contributed by atoms with Crippen molar-refractivity contribution >= 4 is 0 Å². The Morgan fingerprint density at radius 2 is 2.06 bits per heavy atom. The summed E-state index contributed by atoms with van der Waals surface area (Å²) in [6, 6.07) is -0.758. The summed E-state index contributed by atoms with van der Waals surface area (Å²) < 4.78 is 39.5. The lowest BCUT2D eigenvalue weighted by Gasteiger charge is -2.20. The molecule has 1 rings (SSSR count). The molecule has 0 aliphatic carbocycles. The molecule has 0 saturated heterocycles. The fraction of sp³-hybridized carbons (Fsp3) is 0.750. The first-order valence-corrected chi connectivity index (χ1v) is 6.29. The Balaban J connectivity index is 2.83. The van der Waals surface area contributed by atoms with Crippen LogP contribution in [-0.4, -0.2) is 22.3 Å². The number of hydrogen-bond acceptors (Lipinski definition) is 2. The molecule has 1 aromatic rings. The molecule has 104 valence electrons. The van der Waals surface area contributed by atoms with E-state index in [1.807, 2.05) is 13.8 Å². The van der Waals surface area contributed by atoms with Gasteiger partial charge in [0.05, 0.1) is 12.5 Å². The Morgan fingerprint density at radius 1 is 1.33 bits per heavy atom. The maximum atomic E-state index is 12.6. The smallest absolute Gasteiger partial charge is 0.334 e. The van der Waals surface area contributed by atoms with Crippen molar-refractivity contribution < 1.29 is 13.2 Å². The monoisotopic (exact) mass is 263 g/mol. The fourth-order valence-electron chi connectivity index (χ4n) is 1.87. The zero-order valence-electron chi connectivity index (χ0n) is 10.8. The van der Waals surface area contributed by atoms with E-state index < -0.39 is 18.6 Å². The van der Waals surface area contributed by atoms with E-state index >= 15 is 0 Å². The Kier molecular flexibility index (Phi) is 5.65. The van der Waals surface area contributed by atoms with E-state index in [1.165, 1.54) is 0 Å². The Bertz CT molecular complexity index is 347. The quantitative estimate of drug-likeness (QED) is 0.818. The van der Waals surface area contributed by atoms with Gasteiger partial charge in [-0.3, -0.25) is 0 Å². The minimum atomic E-state index is -4.19. The predicted molar refractivity (Wildman–Crippen MR) is 64.2 cm³/mol. The normalized spacial score (nSPS) is 13.8. The van der Waals surface area contributed by atoms with Crippen LogP contribution in [0.5, 0.6) is 0 Å². The summed E-state index contributed by atoms with van der Waals surface area (Å²) in [7, 11) is 0. The van der Waals surface area contributed by atoms with Crippen molar-refractivity contribution in [3.05, 3.63) is 18.2 Å². The third kappa shape index (κ3) is 4.68. The van der Waals surface area contributed by atoms with Crippen LogP contribution in [0, 0.1) is 0 Å². The van der Waals surface area contributed by atoms with Crippen LogP contribution in [-0.2, 0) is 6.54 Å². The number of nitrogens with zero attached hydrogens (tertiary/aromatic N) is 2. The highest BCUT2D eigenvalue weighted by atomic mass is 19.4. The minimum absolute atomic E-state index is 0.475. The van der Waals surface area contributed by atoms with Crippen LogP contribution in [0.2, 0.25) is 0 Å². The summed E-state index contributed by atoms with van der Waals surface area (Å²) in [5.41, 5.74) is 0. The topological polar surface area (TPSA) is 29.9 Å². The molecule has 18 heavy (non-hydrogen) atoms. The van der Waals surface area contributed by atoms with Crippen molar-refractivity contribution in [1.82, 2.24) is 14.9 Å². The summed E-state index contributed by atoms with van der Waals surface area (Å²) >= 11 is 0. The Labute approximate surface area is 105 Å². The van der Waals surface area contributed by atoms with Gasteiger partial charge in [-0.25, -0.2) is 4.98 Å². The van der Waals surface area contributed by atoms with Crippen molar-refractivity contribution in [2.24, 2.45) is 0 Å². The van der Waals surface area contributed by atoms with E-state index in [0.717, 1.165) is 12.8 Å². The summed E-state index contributed by atoms with van der Waals surface area (Å²) in [5, 5.41) is 2.92. The van der Waals surface area contributed by atoms with Crippen molar-refractivity contribution in [2.75, 3.05) is 6.54 Å². The average molecular weight is 263 g/mol. The fourth-order valence-corrected chi connectivity index (χ4v) is 1.87. The first-order valence-electron chi connectivity index (χ1n) is 6.29. The molecule has 1 unspecified atom stereocenters. The van der Waals surface area contributed by atoms with E-state index in [1.54, 1.807) is 17.0 Å². The zero-order chi connectivity index (χ0) is 13.6. The van der Waals surface area contributed by atoms with E-state index in [-0.39, 0.29) is 0 Å². The molecule has 0 aromatic carbocycles. The molecule has 0 aliphatic heterocycles. The summed E-state index contributed by atoms with van der Waals surface area (Å²) in [4.78, 5) is 4.07. The van der Waals surface area contributed by atoms with E-state index in [0.29, 0.717) is 18.9 Å². The lowest BCUT2D eigenvalue weighted by atomic mass is 10.1. The van der Waals surface area contributed by atoms with Gasteiger partial charge in [0.15, 0.2) is 0 Å². The van der Waals surface area contributed by atoms with Crippen molar-refractivity contribution in [3.8, 4) is 0 Å². The van der Waals surface area contributed by atoms with Gasteiger partial charge in [0, 0.05) is 18.9 Å². The molecule has 3 nitrogen and oxygen atoms in total. The van der Waals surface area contributed by atoms with Crippen LogP contribution >= 0.6 is 0 Å². The molecule has 0 amide bonds. The number of alkyl halides is 3. The van der Waals surface area contributed by atoms with Gasteiger partial charge in [-0.15, -0.1) is 0 Å². The number of aromatic nitrogens is 2. The highest BCUT2D eigenvalue weighted by molar-refractivity contribution is 5.00. The maximum absolute atomic E-state index is 12.6. The van der Waals surface area contributed by atoms with Gasteiger partial charge in [0.25, 0.3) is 0 Å². The number of hydrogen-bond donors (Lipinski definition) is 1. The average Bonchev–Trinajstić information content (AvgIpc) is 2.71. The molecule has 0 fully saturated rings. The first-order chi connectivity index (χ1) is 8.48. The van der Waals surface area contributed by atoms with Crippen molar-refractivity contribution in [3.63, 3.8) is 0 Å². The Morgan fingerprint density at radius 3 is 2.61 bits per heavy atom. The summed E-state index contributed by atoms with van der Waals surface area (Å²) in [5.74, 6) is 0.475. The molecule has 0 bridgehead atoms. The molecule has 1 aromatic heterocycles. The van der Waals surface area contributed by atoms with Crippen LogP contribution in [0.3, 0.4) is 0 Å². The second-order valence-electron chi connectivity index (χ2n) is 4.30. The van der Waals surface area contributed by atoms with Crippen LogP contribution in [0.4, 0.5) is 13.2 Å². The summed E-state index contributed by atoms with van der Waals surface area (Å²) in [6.07, 6.45) is -0.112. The molecule has 0 spiro atoms. The second kappa shape index (κ2) is 6.78. The highest BCUT2D eigenvalue weighted by Gasteiger charge is 2.34. The number of imidazole rings is 1. The van der Waals surface area contributed by atoms with Crippen molar-refractivity contribution in [2.45, 2.75) is 51.9 Å². The molecule has 1 atom stereocenters. The molecule has 0 radical (unpaired) electrons. The van der Waals surface area contributed by atoms with Gasteiger partial charge < -0.3 is 9.88 Å². The zero-order valence-corrected chi connectivity index (χ0v) is 10.8. The molecule has 1 heterocycles. The molecule has 0 saturated carbocycles. The van der Waals surface area contributed by atoms with Gasteiger partial charge >= 0.3 is 6.18 Å². The standard InChI is InChI=1S/C12H20F3N3/c1-3-5-16-10(9-12(13,14)15)11-17-6-8-18(11)7-4-2/h6,8,10,16H,3-5,7,9H2,1-2H3. The SMILES string of the molecule is CCCNC(CC(F)(F)F)c1nccn1CCC. The van der Waals surface area contributed by atoms with Gasteiger partial charge in [-0.2, -0.15) is 13.2 Å². The first kappa shape index (κ1) is 15.0. The highest BCUT2D eigenvalue weighted by Crippen LogP contribution is 2.28. The van der Waals surface area contributed by atoms with Crippen LogP contribution in [0.15, 0.2) is 12.4 Å². The van der Waals surface area contributed by atoms with Gasteiger partial charge in [0.2, 0.25) is 0 Å². The van der Waals surface area contributed by atoms with Gasteiger partial charge in [0.1, 0.15) is 5.82 Å². The molecule has 0 aliphatic rings. The minimum Gasteiger partial charge on any atom is -0.334 e. The lowest BCUT2D eigenvalue weighted by molar-refractivity contribution is -0.141. The van der Waals surface area contributed by atoms with Crippen LogP contribution < -0.4 is 5.32 Å². The molecular formula is C12H20F3N3. The third-order valence-electron chi connectivity index (χ3n) is 2.60. The van der Waals surface area contributed by atoms with Crippen LogP contribution in [0.1, 0.15) is 45.0 Å². The number of rotatable bonds is 7. The maximum Gasteiger partial charge on any atom is 0.391 e. The number of halogens is 3. The van der Waals surface area contributed by atoms with E-state index in [9.17, 15) is 13.2 Å². The summed E-state index contributed by atoms with van der Waals surface area (Å²) in [6.45, 7) is 5.16. The number of nitrogens with one attached hydrogen (secondary N) is 1.